The second-order valence-corrected chi connectivity index (χ2v) is 5.10. The molecule has 0 N–H and O–H groups in total. The molecule has 93 valence electrons. The largest absolute Gasteiger partial charge is 0.124 e. The molecule has 3 rings (SSSR count). The zero-order valence-corrected chi connectivity index (χ0v) is 11.2. The minimum Gasteiger partial charge on any atom is -0.124 e. The lowest BCUT2D eigenvalue weighted by Gasteiger charge is -2.02. The molecule has 0 unspecified atom stereocenters. The molecule has 1 radical (unpaired) electrons. The standard InChI is InChI=1S/C19H17/c1-15-7-5-6-10-17(12-11-15)19-14-18(19)13-16-8-3-2-4-9-16/h2-5,8-12,14H,7,13H2,1H3/b15-11-,17-12+. The number of rotatable bonds is 3. The smallest absolute Gasteiger partial charge is 0.0317 e. The van der Waals surface area contributed by atoms with Crippen LogP contribution in [0.5, 0.6) is 0 Å². The normalized spacial score (nSPS) is 23.7. The second kappa shape index (κ2) is 5.30. The summed E-state index contributed by atoms with van der Waals surface area (Å²) in [6.07, 6.45) is 12.9. The number of benzene rings is 1. The van der Waals surface area contributed by atoms with Crippen molar-refractivity contribution in [2.75, 3.05) is 0 Å². The highest BCUT2D eigenvalue weighted by molar-refractivity contribution is 5.67. The van der Waals surface area contributed by atoms with E-state index in [2.05, 4.69) is 73.4 Å². The van der Waals surface area contributed by atoms with Gasteiger partial charge in [-0.25, -0.2) is 0 Å². The summed E-state index contributed by atoms with van der Waals surface area (Å²) in [5.74, 6) is 1.45. The molecule has 2 aliphatic carbocycles. The van der Waals surface area contributed by atoms with Crippen LogP contribution >= 0.6 is 0 Å². The van der Waals surface area contributed by atoms with Gasteiger partial charge < -0.3 is 0 Å². The third-order valence-electron chi connectivity index (χ3n) is 3.46. The van der Waals surface area contributed by atoms with Gasteiger partial charge in [-0.2, -0.15) is 0 Å². The van der Waals surface area contributed by atoms with Crippen molar-refractivity contribution in [2.24, 2.45) is 0 Å². The van der Waals surface area contributed by atoms with Crippen molar-refractivity contribution in [3.8, 4) is 0 Å². The molecule has 0 atom stereocenters. The Balaban J connectivity index is 1.69. The molecule has 1 aromatic carbocycles. The SMILES string of the molecule is C/C1=C/C=C(/C2=C[C]2Cc2ccccc2)C=C=CC1. The number of allylic oxidation sites excluding steroid dienone is 7. The van der Waals surface area contributed by atoms with Gasteiger partial charge in [0.25, 0.3) is 0 Å². The maximum Gasteiger partial charge on any atom is 0.0317 e. The van der Waals surface area contributed by atoms with E-state index in [0.29, 0.717) is 0 Å². The van der Waals surface area contributed by atoms with Gasteiger partial charge in [0.2, 0.25) is 0 Å². The molecule has 2 aliphatic rings. The van der Waals surface area contributed by atoms with Gasteiger partial charge in [-0.15, -0.1) is 5.73 Å². The quantitative estimate of drug-likeness (QED) is 0.675. The van der Waals surface area contributed by atoms with Gasteiger partial charge in [0.1, 0.15) is 0 Å². The van der Waals surface area contributed by atoms with E-state index in [0.717, 1.165) is 12.8 Å². The van der Waals surface area contributed by atoms with Crippen LogP contribution in [0, 0.1) is 5.92 Å². The van der Waals surface area contributed by atoms with E-state index in [9.17, 15) is 0 Å². The van der Waals surface area contributed by atoms with Gasteiger partial charge in [0.05, 0.1) is 0 Å². The Hall–Kier alpha value is -2.04. The first-order valence-corrected chi connectivity index (χ1v) is 6.73. The Bertz CT molecular complexity index is 617. The summed E-state index contributed by atoms with van der Waals surface area (Å²) in [6.45, 7) is 2.16. The van der Waals surface area contributed by atoms with Crippen LogP contribution in [0.4, 0.5) is 0 Å². The average Bonchev–Trinajstić information content (AvgIpc) is 3.15. The summed E-state index contributed by atoms with van der Waals surface area (Å²) in [7, 11) is 0. The van der Waals surface area contributed by atoms with Crippen LogP contribution in [-0.2, 0) is 6.42 Å². The van der Waals surface area contributed by atoms with E-state index >= 15 is 0 Å². The Morgan fingerprint density at radius 3 is 2.79 bits per heavy atom. The predicted molar refractivity (Wildman–Crippen MR) is 80.6 cm³/mol. The van der Waals surface area contributed by atoms with Crippen LogP contribution in [0.2, 0.25) is 0 Å². The summed E-state index contributed by atoms with van der Waals surface area (Å²) in [5, 5.41) is 0. The molecular formula is C19H17. The van der Waals surface area contributed by atoms with Crippen LogP contribution in [-0.4, -0.2) is 0 Å². The molecule has 1 aromatic rings. The van der Waals surface area contributed by atoms with E-state index in [4.69, 9.17) is 0 Å². The summed E-state index contributed by atoms with van der Waals surface area (Å²) in [5.41, 5.74) is 8.68. The fourth-order valence-corrected chi connectivity index (χ4v) is 2.25. The summed E-state index contributed by atoms with van der Waals surface area (Å²) < 4.78 is 0. The molecular weight excluding hydrogens is 228 g/mol. The van der Waals surface area contributed by atoms with E-state index in [1.54, 1.807) is 0 Å². The number of hydrogen-bond donors (Lipinski definition) is 0. The molecule has 0 aliphatic heterocycles. The van der Waals surface area contributed by atoms with Crippen molar-refractivity contribution < 1.29 is 0 Å². The zero-order chi connectivity index (χ0) is 13.1. The van der Waals surface area contributed by atoms with Crippen molar-refractivity contribution >= 4 is 0 Å². The third kappa shape index (κ3) is 3.05. The highest BCUT2D eigenvalue weighted by Crippen LogP contribution is 2.40. The van der Waals surface area contributed by atoms with E-state index < -0.39 is 0 Å². The van der Waals surface area contributed by atoms with Crippen molar-refractivity contribution in [3.63, 3.8) is 0 Å². The third-order valence-corrected chi connectivity index (χ3v) is 3.46. The molecule has 0 heterocycles. The summed E-state index contributed by atoms with van der Waals surface area (Å²) in [6, 6.07) is 10.6. The lowest BCUT2D eigenvalue weighted by molar-refractivity contribution is 1.14. The van der Waals surface area contributed by atoms with Gasteiger partial charge in [0.15, 0.2) is 0 Å². The van der Waals surface area contributed by atoms with Gasteiger partial charge in [-0.1, -0.05) is 54.1 Å². The van der Waals surface area contributed by atoms with Crippen molar-refractivity contribution in [1.29, 1.82) is 0 Å². The Morgan fingerprint density at radius 2 is 1.95 bits per heavy atom. The lowest BCUT2D eigenvalue weighted by Crippen LogP contribution is -1.89. The fraction of sp³-hybridized carbons (Fsp3) is 0.158. The minimum absolute atomic E-state index is 1.000. The molecule has 0 heteroatoms. The van der Waals surface area contributed by atoms with Gasteiger partial charge in [0, 0.05) is 5.92 Å². The zero-order valence-electron chi connectivity index (χ0n) is 11.2. The first-order chi connectivity index (χ1) is 9.33. The minimum atomic E-state index is 1.000. The van der Waals surface area contributed by atoms with E-state index in [1.807, 2.05) is 0 Å². The molecule has 0 fully saturated rings. The van der Waals surface area contributed by atoms with Gasteiger partial charge in [-0.3, -0.25) is 0 Å². The van der Waals surface area contributed by atoms with Crippen LogP contribution < -0.4 is 0 Å². The first kappa shape index (κ1) is 12.0. The van der Waals surface area contributed by atoms with Crippen molar-refractivity contribution in [1.82, 2.24) is 0 Å². The van der Waals surface area contributed by atoms with E-state index in [1.165, 1.54) is 28.2 Å². The van der Waals surface area contributed by atoms with Crippen molar-refractivity contribution in [3.05, 3.63) is 94.6 Å². The maximum absolute atomic E-state index is 3.26. The van der Waals surface area contributed by atoms with Crippen molar-refractivity contribution in [2.45, 2.75) is 19.8 Å². The molecule has 0 saturated heterocycles. The number of hydrogen-bond acceptors (Lipinski definition) is 0. The van der Waals surface area contributed by atoms with Crippen LogP contribution in [0.15, 0.2) is 83.2 Å². The molecule has 0 nitrogen and oxygen atoms in total. The summed E-state index contributed by atoms with van der Waals surface area (Å²) >= 11 is 0. The first-order valence-electron chi connectivity index (χ1n) is 6.73. The molecule has 19 heavy (non-hydrogen) atoms. The molecule has 0 spiro atoms. The highest BCUT2D eigenvalue weighted by Gasteiger charge is 2.27. The molecule has 0 bridgehead atoms. The summed E-state index contributed by atoms with van der Waals surface area (Å²) in [4.78, 5) is 0. The maximum atomic E-state index is 3.26. The molecule has 0 aromatic heterocycles. The monoisotopic (exact) mass is 245 g/mol. The predicted octanol–water partition coefficient (Wildman–Crippen LogP) is 4.73. The Morgan fingerprint density at radius 1 is 1.11 bits per heavy atom. The van der Waals surface area contributed by atoms with Crippen LogP contribution in [0.3, 0.4) is 0 Å². The lowest BCUT2D eigenvalue weighted by atomic mass is 10.0. The Kier molecular flexibility index (Phi) is 3.35. The Labute approximate surface area is 115 Å². The topological polar surface area (TPSA) is 0 Å². The molecule has 0 amide bonds. The van der Waals surface area contributed by atoms with Crippen LogP contribution in [0.25, 0.3) is 0 Å². The van der Waals surface area contributed by atoms with Gasteiger partial charge in [-0.05, 0) is 48.6 Å². The van der Waals surface area contributed by atoms with E-state index in [-0.39, 0.29) is 0 Å². The molecule has 0 saturated carbocycles. The second-order valence-electron chi connectivity index (χ2n) is 5.10. The van der Waals surface area contributed by atoms with Gasteiger partial charge >= 0.3 is 0 Å². The fourth-order valence-electron chi connectivity index (χ4n) is 2.25. The average molecular weight is 245 g/mol. The van der Waals surface area contributed by atoms with Crippen LogP contribution in [0.1, 0.15) is 18.9 Å². The highest BCUT2D eigenvalue weighted by atomic mass is 14.3.